The summed E-state index contributed by atoms with van der Waals surface area (Å²) < 4.78 is 32.1. The Labute approximate surface area is 252 Å². The molecule has 1 spiro atoms. The number of para-hydroxylation sites is 1. The zero-order valence-corrected chi connectivity index (χ0v) is 24.6. The number of carbonyl (C=O) groups excluding carboxylic acids is 2. The van der Waals surface area contributed by atoms with Crippen molar-refractivity contribution in [1.29, 1.82) is 0 Å². The van der Waals surface area contributed by atoms with Crippen LogP contribution >= 0.6 is 0 Å². The van der Waals surface area contributed by atoms with Crippen LogP contribution in [0.25, 0.3) is 21.7 Å². The minimum Gasteiger partial charge on any atom is -0.465 e. The molecule has 224 valence electrons. The molecule has 4 aromatic rings. The Morgan fingerprint density at radius 1 is 0.955 bits per heavy atom. The molecule has 4 aliphatic heterocycles. The third kappa shape index (κ3) is 2.92. The number of benzene rings is 3. The lowest BCUT2D eigenvalue weighted by atomic mass is 9.67. The first-order valence-electron chi connectivity index (χ1n) is 15.3. The molecule has 6 atom stereocenters. The molecule has 44 heavy (non-hydrogen) atoms. The van der Waals surface area contributed by atoms with E-state index in [-0.39, 0.29) is 34.1 Å². The SMILES string of the molecule is COC(=O)c1c([C@@]23O[C@H]4OC(C)(C)O[C@H]4[C@@H]2C2CCCCN2[C@]32C(=O)c3cccc4cccc2c34)oc2ccccc2c1=O. The number of methoxy groups -OCH3 is 1. The predicted molar refractivity (Wildman–Crippen MR) is 158 cm³/mol. The first kappa shape index (κ1) is 26.5. The van der Waals surface area contributed by atoms with E-state index in [1.807, 2.05) is 50.2 Å². The van der Waals surface area contributed by atoms with Crippen LogP contribution in [0.3, 0.4) is 0 Å². The summed E-state index contributed by atoms with van der Waals surface area (Å²) in [5.74, 6) is -2.46. The number of fused-ring (bicyclic) bond motifs is 9. The normalized spacial score (nSPS) is 33.2. The van der Waals surface area contributed by atoms with Crippen molar-refractivity contribution in [3.05, 3.63) is 93.3 Å². The molecule has 4 fully saturated rings. The fraction of sp³-hybridized carbons (Fsp3) is 0.400. The number of nitrogens with zero attached hydrogens (tertiary/aromatic N) is 1. The van der Waals surface area contributed by atoms with Crippen molar-refractivity contribution in [3.63, 3.8) is 0 Å². The molecule has 1 aliphatic carbocycles. The summed E-state index contributed by atoms with van der Waals surface area (Å²) in [6.07, 6.45) is 1.14. The molecule has 9 nitrogen and oxygen atoms in total. The van der Waals surface area contributed by atoms with Gasteiger partial charge in [0.25, 0.3) is 0 Å². The van der Waals surface area contributed by atoms with Gasteiger partial charge in [0.1, 0.15) is 22.8 Å². The zero-order valence-electron chi connectivity index (χ0n) is 24.6. The van der Waals surface area contributed by atoms with E-state index in [1.54, 1.807) is 24.3 Å². The number of hydrogen-bond acceptors (Lipinski definition) is 9. The Morgan fingerprint density at radius 3 is 2.57 bits per heavy atom. The summed E-state index contributed by atoms with van der Waals surface area (Å²) in [5, 5.41) is 2.01. The van der Waals surface area contributed by atoms with Crippen LogP contribution in [0.1, 0.15) is 65.1 Å². The number of ketones is 1. The number of rotatable bonds is 2. The largest absolute Gasteiger partial charge is 0.465 e. The molecule has 4 saturated heterocycles. The summed E-state index contributed by atoms with van der Waals surface area (Å²) in [6.45, 7) is 4.30. The molecule has 1 aromatic heterocycles. The maximum Gasteiger partial charge on any atom is 0.345 e. The summed E-state index contributed by atoms with van der Waals surface area (Å²) in [5.41, 5.74) is -2.29. The zero-order chi connectivity index (χ0) is 30.2. The van der Waals surface area contributed by atoms with Crippen LogP contribution in [-0.4, -0.2) is 54.5 Å². The second-order valence-electron chi connectivity index (χ2n) is 13.0. The van der Waals surface area contributed by atoms with Gasteiger partial charge in [-0.2, -0.15) is 0 Å². The Hall–Kier alpha value is -3.89. The molecule has 1 unspecified atom stereocenters. The Morgan fingerprint density at radius 2 is 1.75 bits per heavy atom. The van der Waals surface area contributed by atoms with E-state index < -0.39 is 46.6 Å². The Kier molecular flexibility index (Phi) is 5.20. The third-order valence-electron chi connectivity index (χ3n) is 10.5. The van der Waals surface area contributed by atoms with Gasteiger partial charge >= 0.3 is 5.97 Å². The third-order valence-corrected chi connectivity index (χ3v) is 10.5. The number of piperidine rings is 1. The van der Waals surface area contributed by atoms with Crippen molar-refractivity contribution in [2.24, 2.45) is 5.92 Å². The summed E-state index contributed by atoms with van der Waals surface area (Å²) >= 11 is 0. The Balaban J connectivity index is 1.46. The first-order chi connectivity index (χ1) is 21.2. The van der Waals surface area contributed by atoms with E-state index in [4.69, 9.17) is 23.4 Å². The smallest absolute Gasteiger partial charge is 0.345 e. The Bertz CT molecular complexity index is 1990. The van der Waals surface area contributed by atoms with E-state index in [9.17, 15) is 9.59 Å². The van der Waals surface area contributed by atoms with Crippen LogP contribution in [0.2, 0.25) is 0 Å². The molecule has 0 bridgehead atoms. The summed E-state index contributed by atoms with van der Waals surface area (Å²) in [6, 6.07) is 18.3. The van der Waals surface area contributed by atoms with Crippen LogP contribution in [-0.2, 0) is 30.1 Å². The van der Waals surface area contributed by atoms with Gasteiger partial charge in [0.2, 0.25) is 5.43 Å². The molecular formula is C35H31NO8. The lowest BCUT2D eigenvalue weighted by molar-refractivity contribution is -0.248. The van der Waals surface area contributed by atoms with Gasteiger partial charge in [0.05, 0.1) is 12.5 Å². The van der Waals surface area contributed by atoms with Gasteiger partial charge in [-0.25, -0.2) is 4.79 Å². The average Bonchev–Trinajstić information content (AvgIpc) is 3.67. The molecular weight excluding hydrogens is 562 g/mol. The molecule has 9 rings (SSSR count). The van der Waals surface area contributed by atoms with E-state index in [2.05, 4.69) is 4.90 Å². The van der Waals surface area contributed by atoms with Crippen molar-refractivity contribution in [2.75, 3.05) is 13.7 Å². The topological polar surface area (TPSA) is 105 Å². The molecule has 5 heterocycles. The molecule has 3 aromatic carbocycles. The number of Topliss-reactive ketones (excluding diaryl/α,β-unsaturated/α-hetero) is 1. The predicted octanol–water partition coefficient (Wildman–Crippen LogP) is 5.01. The monoisotopic (exact) mass is 593 g/mol. The van der Waals surface area contributed by atoms with Gasteiger partial charge in [-0.15, -0.1) is 0 Å². The molecule has 0 saturated carbocycles. The lowest BCUT2D eigenvalue weighted by Crippen LogP contribution is -2.60. The fourth-order valence-electron chi connectivity index (χ4n) is 9.22. The number of carbonyl (C=O) groups is 2. The maximum absolute atomic E-state index is 15.4. The van der Waals surface area contributed by atoms with E-state index in [1.165, 1.54) is 7.11 Å². The highest BCUT2D eigenvalue weighted by Gasteiger charge is 2.83. The quantitative estimate of drug-likeness (QED) is 0.297. The minimum absolute atomic E-state index is 0.00925. The van der Waals surface area contributed by atoms with Gasteiger partial charge in [0.15, 0.2) is 29.2 Å². The molecule has 0 radical (unpaired) electrons. The molecule has 9 heteroatoms. The van der Waals surface area contributed by atoms with Crippen LogP contribution in [0, 0.1) is 5.92 Å². The highest BCUT2D eigenvalue weighted by Crippen LogP contribution is 2.71. The van der Waals surface area contributed by atoms with Crippen molar-refractivity contribution < 1.29 is 33.0 Å². The molecule has 0 amide bonds. The van der Waals surface area contributed by atoms with Gasteiger partial charge in [-0.05, 0) is 61.7 Å². The van der Waals surface area contributed by atoms with Gasteiger partial charge < -0.3 is 23.4 Å². The highest BCUT2D eigenvalue weighted by molar-refractivity contribution is 6.21. The van der Waals surface area contributed by atoms with E-state index in [0.29, 0.717) is 12.1 Å². The van der Waals surface area contributed by atoms with E-state index in [0.717, 1.165) is 35.6 Å². The standard InChI is InChI=1S/C35H31NO8/c1-33(2)42-28-26-22-15-6-7-17-36(22)34(21-14-9-11-18-10-8-13-20(24(18)21)29(34)38)35(26,44-32(28)43-33)30-25(31(39)40-3)27(37)19-12-4-5-16-23(19)41-30/h4-5,8-14,16,22,26,28,32H,6-7,15,17H2,1-3H3/t22?,26-,28-,32+,34+,35-/m0/s1. The van der Waals surface area contributed by atoms with Crippen LogP contribution in [0.5, 0.6) is 0 Å². The van der Waals surface area contributed by atoms with Crippen molar-refractivity contribution in [3.8, 4) is 0 Å². The maximum atomic E-state index is 15.4. The van der Waals surface area contributed by atoms with Crippen molar-refractivity contribution >= 4 is 33.5 Å². The average molecular weight is 594 g/mol. The number of hydrogen-bond donors (Lipinski definition) is 0. The van der Waals surface area contributed by atoms with Crippen molar-refractivity contribution in [1.82, 2.24) is 4.90 Å². The van der Waals surface area contributed by atoms with Crippen LogP contribution < -0.4 is 5.43 Å². The summed E-state index contributed by atoms with van der Waals surface area (Å²) in [4.78, 5) is 45.6. The van der Waals surface area contributed by atoms with Crippen molar-refractivity contribution in [2.45, 2.75) is 68.5 Å². The lowest BCUT2D eigenvalue weighted by Gasteiger charge is -2.47. The number of ether oxygens (including phenoxy) is 4. The molecule has 5 aliphatic rings. The number of esters is 1. The van der Waals surface area contributed by atoms with Gasteiger partial charge in [-0.1, -0.05) is 55.0 Å². The second kappa shape index (κ2) is 8.63. The highest BCUT2D eigenvalue weighted by atomic mass is 16.8. The van der Waals surface area contributed by atoms with Gasteiger partial charge in [0, 0.05) is 17.5 Å². The minimum atomic E-state index is -1.66. The van der Waals surface area contributed by atoms with E-state index >= 15 is 4.79 Å². The summed E-state index contributed by atoms with van der Waals surface area (Å²) in [7, 11) is 1.24. The second-order valence-corrected chi connectivity index (χ2v) is 13.0. The van der Waals surface area contributed by atoms with Crippen LogP contribution in [0.15, 0.2) is 69.9 Å². The van der Waals surface area contributed by atoms with Crippen LogP contribution in [0.4, 0.5) is 0 Å². The molecule has 0 N–H and O–H groups in total. The van der Waals surface area contributed by atoms with Gasteiger partial charge in [-0.3, -0.25) is 14.5 Å². The first-order valence-corrected chi connectivity index (χ1v) is 15.3. The fourth-order valence-corrected chi connectivity index (χ4v) is 9.22.